The molecule has 0 atom stereocenters. The predicted octanol–water partition coefficient (Wildman–Crippen LogP) is 0.817. The van der Waals surface area contributed by atoms with Crippen LogP contribution in [0.4, 0.5) is 0 Å². The summed E-state index contributed by atoms with van der Waals surface area (Å²) in [6.07, 6.45) is 2.62. The van der Waals surface area contributed by atoms with Crippen LogP contribution in [-0.4, -0.2) is 86.7 Å². The standard InChI is InChI=1S/C18H28N4O4S2/c1-2-6-19-16(23)14-20-9-11-21(12-10-20)18(24)17-15(5-13-27-17)28(25,26)22-7-3-4-8-22/h5,13H,2-4,6-12,14H2,1H3,(H,19,23). The molecule has 0 radical (unpaired) electrons. The molecule has 1 N–H and O–H groups in total. The Labute approximate surface area is 170 Å². The van der Waals surface area contributed by atoms with Gasteiger partial charge in [0.15, 0.2) is 0 Å². The van der Waals surface area contributed by atoms with Crippen LogP contribution in [-0.2, 0) is 14.8 Å². The molecule has 0 saturated carbocycles. The van der Waals surface area contributed by atoms with E-state index in [4.69, 9.17) is 0 Å². The molecule has 0 unspecified atom stereocenters. The number of rotatable bonds is 7. The van der Waals surface area contributed by atoms with E-state index in [1.165, 1.54) is 15.6 Å². The summed E-state index contributed by atoms with van der Waals surface area (Å²) in [5.41, 5.74) is 0. The first-order valence-corrected chi connectivity index (χ1v) is 12.1. The Hall–Kier alpha value is -1.49. The van der Waals surface area contributed by atoms with E-state index in [0.717, 1.165) is 19.3 Å². The van der Waals surface area contributed by atoms with E-state index in [0.29, 0.717) is 57.2 Å². The highest BCUT2D eigenvalue weighted by atomic mass is 32.2. The van der Waals surface area contributed by atoms with E-state index in [1.807, 2.05) is 11.8 Å². The number of carbonyl (C=O) groups excluding carboxylic acids is 2. The molecule has 3 rings (SSSR count). The van der Waals surface area contributed by atoms with Gasteiger partial charge in [0.05, 0.1) is 6.54 Å². The molecule has 8 nitrogen and oxygen atoms in total. The Balaban J connectivity index is 1.61. The highest BCUT2D eigenvalue weighted by Crippen LogP contribution is 2.28. The van der Waals surface area contributed by atoms with Crippen LogP contribution in [0.1, 0.15) is 35.9 Å². The number of nitrogens with zero attached hydrogens (tertiary/aromatic N) is 3. The van der Waals surface area contributed by atoms with Gasteiger partial charge in [0, 0.05) is 45.8 Å². The topological polar surface area (TPSA) is 90.0 Å². The minimum Gasteiger partial charge on any atom is -0.355 e. The second kappa shape index (κ2) is 9.34. The molecule has 1 aromatic rings. The third-order valence-corrected chi connectivity index (χ3v) is 8.08. The van der Waals surface area contributed by atoms with Gasteiger partial charge in [-0.05, 0) is 30.7 Å². The molecular weight excluding hydrogens is 400 g/mol. The van der Waals surface area contributed by atoms with E-state index >= 15 is 0 Å². The van der Waals surface area contributed by atoms with Crippen molar-refractivity contribution < 1.29 is 18.0 Å². The molecule has 0 bridgehead atoms. The first kappa shape index (κ1) is 21.2. The lowest BCUT2D eigenvalue weighted by Crippen LogP contribution is -2.51. The first-order chi connectivity index (χ1) is 13.4. The van der Waals surface area contributed by atoms with Gasteiger partial charge < -0.3 is 10.2 Å². The zero-order valence-corrected chi connectivity index (χ0v) is 17.9. The van der Waals surface area contributed by atoms with Gasteiger partial charge in [-0.15, -0.1) is 11.3 Å². The number of carbonyl (C=O) groups is 2. The quantitative estimate of drug-likeness (QED) is 0.694. The summed E-state index contributed by atoms with van der Waals surface area (Å²) >= 11 is 1.18. The number of piperazine rings is 1. The minimum absolute atomic E-state index is 0.00104. The molecule has 0 aromatic carbocycles. The first-order valence-electron chi connectivity index (χ1n) is 9.79. The molecule has 28 heavy (non-hydrogen) atoms. The van der Waals surface area contributed by atoms with Crippen LogP contribution in [0.3, 0.4) is 0 Å². The lowest BCUT2D eigenvalue weighted by Gasteiger charge is -2.34. The van der Waals surface area contributed by atoms with Crippen molar-refractivity contribution in [3.05, 3.63) is 16.3 Å². The number of thiophene rings is 1. The predicted molar refractivity (Wildman–Crippen MR) is 108 cm³/mol. The lowest BCUT2D eigenvalue weighted by atomic mass is 10.3. The summed E-state index contributed by atoms with van der Waals surface area (Å²) in [5, 5.41) is 4.53. The van der Waals surface area contributed by atoms with Crippen molar-refractivity contribution in [3.63, 3.8) is 0 Å². The van der Waals surface area contributed by atoms with Crippen LogP contribution < -0.4 is 5.32 Å². The largest absolute Gasteiger partial charge is 0.355 e. The highest BCUT2D eigenvalue weighted by molar-refractivity contribution is 7.89. The van der Waals surface area contributed by atoms with Gasteiger partial charge in [-0.3, -0.25) is 14.5 Å². The zero-order chi connectivity index (χ0) is 20.1. The van der Waals surface area contributed by atoms with E-state index < -0.39 is 10.0 Å². The van der Waals surface area contributed by atoms with Gasteiger partial charge in [0.2, 0.25) is 15.9 Å². The maximum atomic E-state index is 13.0. The number of sulfonamides is 1. The van der Waals surface area contributed by atoms with Crippen molar-refractivity contribution in [2.24, 2.45) is 0 Å². The third-order valence-electron chi connectivity index (χ3n) is 5.11. The van der Waals surface area contributed by atoms with Crippen LogP contribution >= 0.6 is 11.3 Å². The van der Waals surface area contributed by atoms with Gasteiger partial charge in [-0.25, -0.2) is 8.42 Å². The Kier molecular flexibility index (Phi) is 7.08. The molecule has 156 valence electrons. The summed E-state index contributed by atoms with van der Waals surface area (Å²) in [7, 11) is -3.61. The summed E-state index contributed by atoms with van der Waals surface area (Å²) in [4.78, 5) is 29.0. The molecule has 1 aromatic heterocycles. The molecule has 2 fully saturated rings. The average Bonchev–Trinajstić information content (AvgIpc) is 3.38. The fourth-order valence-corrected chi connectivity index (χ4v) is 6.38. The van der Waals surface area contributed by atoms with E-state index in [1.54, 1.807) is 16.3 Å². The molecule has 10 heteroatoms. The molecule has 2 aliphatic rings. The lowest BCUT2D eigenvalue weighted by molar-refractivity contribution is -0.122. The van der Waals surface area contributed by atoms with Crippen molar-refractivity contribution in [3.8, 4) is 0 Å². The van der Waals surface area contributed by atoms with Gasteiger partial charge in [0.1, 0.15) is 9.77 Å². The van der Waals surface area contributed by atoms with Crippen LogP contribution in [0.2, 0.25) is 0 Å². The van der Waals surface area contributed by atoms with Gasteiger partial charge >= 0.3 is 0 Å². The van der Waals surface area contributed by atoms with Crippen LogP contribution in [0.5, 0.6) is 0 Å². The summed E-state index contributed by atoms with van der Waals surface area (Å²) in [6.45, 7) is 6.22. The number of hydrogen-bond donors (Lipinski definition) is 1. The smallest absolute Gasteiger partial charge is 0.265 e. The van der Waals surface area contributed by atoms with Gasteiger partial charge in [-0.2, -0.15) is 4.31 Å². The molecule has 0 spiro atoms. The number of amides is 2. The van der Waals surface area contributed by atoms with Crippen molar-refractivity contribution in [1.29, 1.82) is 0 Å². The average molecular weight is 429 g/mol. The van der Waals surface area contributed by atoms with Crippen molar-refractivity contribution >= 4 is 33.2 Å². The van der Waals surface area contributed by atoms with Gasteiger partial charge in [0.25, 0.3) is 5.91 Å². The molecular formula is C18H28N4O4S2. The summed E-state index contributed by atoms with van der Waals surface area (Å²) in [6, 6.07) is 1.54. The Morgan fingerprint density at radius 2 is 1.79 bits per heavy atom. The SMILES string of the molecule is CCCNC(=O)CN1CCN(C(=O)c2sccc2S(=O)(=O)N2CCCC2)CC1. The normalized spacial score (nSPS) is 19.1. The van der Waals surface area contributed by atoms with Crippen molar-refractivity contribution in [2.75, 3.05) is 52.4 Å². The van der Waals surface area contributed by atoms with E-state index in [-0.39, 0.29) is 16.7 Å². The fraction of sp³-hybridized carbons (Fsp3) is 0.667. The Bertz CT molecular complexity index is 794. The number of nitrogens with one attached hydrogen (secondary N) is 1. The second-order valence-electron chi connectivity index (χ2n) is 7.14. The maximum Gasteiger partial charge on any atom is 0.265 e. The van der Waals surface area contributed by atoms with Crippen molar-refractivity contribution in [2.45, 2.75) is 31.1 Å². The number of hydrogen-bond acceptors (Lipinski definition) is 6. The summed E-state index contributed by atoms with van der Waals surface area (Å²) < 4.78 is 27.2. The highest BCUT2D eigenvalue weighted by Gasteiger charge is 2.34. The monoisotopic (exact) mass is 428 g/mol. The van der Waals surface area contributed by atoms with Crippen LogP contribution in [0, 0.1) is 0 Å². The molecule has 3 heterocycles. The molecule has 0 aliphatic carbocycles. The minimum atomic E-state index is -3.61. The molecule has 2 saturated heterocycles. The van der Waals surface area contributed by atoms with E-state index in [2.05, 4.69) is 5.32 Å². The Morgan fingerprint density at radius 1 is 1.11 bits per heavy atom. The zero-order valence-electron chi connectivity index (χ0n) is 16.2. The maximum absolute atomic E-state index is 13.0. The molecule has 2 aliphatic heterocycles. The van der Waals surface area contributed by atoms with Crippen LogP contribution in [0.15, 0.2) is 16.3 Å². The Morgan fingerprint density at radius 3 is 2.43 bits per heavy atom. The van der Waals surface area contributed by atoms with E-state index in [9.17, 15) is 18.0 Å². The fourth-order valence-electron chi connectivity index (χ4n) is 3.50. The van der Waals surface area contributed by atoms with Gasteiger partial charge in [-0.1, -0.05) is 6.92 Å². The second-order valence-corrected chi connectivity index (χ2v) is 9.97. The van der Waals surface area contributed by atoms with Crippen LogP contribution in [0.25, 0.3) is 0 Å². The summed E-state index contributed by atoms with van der Waals surface area (Å²) in [5.74, 6) is -0.235. The third kappa shape index (κ3) is 4.73. The van der Waals surface area contributed by atoms with Crippen molar-refractivity contribution in [1.82, 2.24) is 19.4 Å². The molecule has 2 amide bonds.